The van der Waals surface area contributed by atoms with Crippen LogP contribution in [0.2, 0.25) is 5.28 Å². The van der Waals surface area contributed by atoms with Crippen molar-refractivity contribution in [3.8, 4) is 0 Å². The minimum atomic E-state index is 0.0643. The lowest BCUT2D eigenvalue weighted by Gasteiger charge is -2.15. The molecule has 0 saturated heterocycles. The maximum Gasteiger partial charge on any atom is 0.226 e. The smallest absolute Gasteiger partial charge is 0.226 e. The summed E-state index contributed by atoms with van der Waals surface area (Å²) < 4.78 is 16.5. The molecule has 2 aromatic heterocycles. The Bertz CT molecular complexity index is 651. The highest BCUT2D eigenvalue weighted by Gasteiger charge is 2.23. The van der Waals surface area contributed by atoms with Crippen LogP contribution >= 0.6 is 11.6 Å². The van der Waals surface area contributed by atoms with Gasteiger partial charge in [-0.15, -0.1) is 0 Å². The van der Waals surface area contributed by atoms with Gasteiger partial charge in [-0.2, -0.15) is 15.1 Å². The number of hydrogen-bond donors (Lipinski definition) is 0. The third-order valence-corrected chi connectivity index (χ3v) is 4.40. The maximum atomic E-state index is 14.4. The van der Waals surface area contributed by atoms with E-state index in [9.17, 15) is 4.48 Å². The monoisotopic (exact) mass is 325 g/mol. The molecule has 1 fully saturated rings. The maximum absolute atomic E-state index is 14.4. The third-order valence-electron chi connectivity index (χ3n) is 4.23. The Hall–Kier alpha value is -1.43. The molecule has 0 amide bonds. The summed E-state index contributed by atoms with van der Waals surface area (Å²) in [5.41, 5.74) is 1.12. The van der Waals surface area contributed by atoms with Crippen LogP contribution in [-0.2, 0) is 0 Å². The van der Waals surface area contributed by atoms with Gasteiger partial charge >= 0.3 is 0 Å². The van der Waals surface area contributed by atoms with Crippen LogP contribution in [0.1, 0.15) is 52.0 Å². The predicted octanol–water partition coefficient (Wildman–Crippen LogP) is 4.33. The first-order chi connectivity index (χ1) is 10.6. The quantitative estimate of drug-likeness (QED) is 0.606. The zero-order valence-corrected chi connectivity index (χ0v) is 13.7. The van der Waals surface area contributed by atoms with Crippen LogP contribution in [0.15, 0.2) is 6.33 Å². The van der Waals surface area contributed by atoms with Gasteiger partial charge in [0, 0.05) is 6.04 Å². The first kappa shape index (κ1) is 15.5. The first-order valence-electron chi connectivity index (χ1n) is 7.89. The molecule has 0 spiro atoms. The molecule has 22 heavy (non-hydrogen) atoms. The summed E-state index contributed by atoms with van der Waals surface area (Å²) in [6.45, 7) is 4.40. The molecule has 0 aromatic carbocycles. The summed E-state index contributed by atoms with van der Waals surface area (Å²) in [5.74, 6) is 0.592. The summed E-state index contributed by atoms with van der Waals surface area (Å²) in [6.07, 6.45) is 7.11. The molecular weight excluding hydrogens is 305 g/mol. The van der Waals surface area contributed by atoms with Crippen LogP contribution in [0.5, 0.6) is 0 Å². The van der Waals surface area contributed by atoms with Crippen LogP contribution in [0.4, 0.5) is 10.3 Å². The van der Waals surface area contributed by atoms with Crippen molar-refractivity contribution < 1.29 is 4.48 Å². The average Bonchev–Trinajstić information content (AvgIpc) is 3.12. The van der Waals surface area contributed by atoms with Gasteiger partial charge in [-0.25, -0.2) is 4.98 Å². The van der Waals surface area contributed by atoms with Crippen molar-refractivity contribution in [2.45, 2.75) is 52.0 Å². The van der Waals surface area contributed by atoms with E-state index in [1.807, 2.05) is 4.57 Å². The van der Waals surface area contributed by atoms with E-state index < -0.39 is 0 Å². The minimum absolute atomic E-state index is 0.0643. The molecule has 3 rings (SSSR count). The molecule has 7 heteroatoms. The van der Waals surface area contributed by atoms with Gasteiger partial charge in [0.15, 0.2) is 17.0 Å². The Morgan fingerprint density at radius 2 is 2.09 bits per heavy atom. The Morgan fingerprint density at radius 1 is 1.36 bits per heavy atom. The summed E-state index contributed by atoms with van der Waals surface area (Å²) in [6, 6.07) is 0.382. The molecule has 120 valence electrons. The highest BCUT2D eigenvalue weighted by atomic mass is 35.5. The lowest BCUT2D eigenvalue weighted by Crippen LogP contribution is -2.17. The van der Waals surface area contributed by atoms with Gasteiger partial charge in [-0.1, -0.05) is 31.2 Å². The SMILES string of the molecule is CC(C)CCN(F)c1nc(Cl)nc2c1ncn2C1CCCC1. The van der Waals surface area contributed by atoms with E-state index in [0.717, 1.165) is 19.3 Å². The summed E-state index contributed by atoms with van der Waals surface area (Å²) in [5, 5.41) is 0.705. The number of halogens is 2. The highest BCUT2D eigenvalue weighted by Crippen LogP contribution is 2.33. The molecule has 0 atom stereocenters. The molecule has 0 unspecified atom stereocenters. The molecule has 0 N–H and O–H groups in total. The van der Waals surface area contributed by atoms with Gasteiger partial charge in [0.1, 0.15) is 0 Å². The first-order valence-corrected chi connectivity index (χ1v) is 8.27. The number of nitrogens with zero attached hydrogens (tertiary/aromatic N) is 5. The summed E-state index contributed by atoms with van der Waals surface area (Å²) in [4.78, 5) is 12.7. The molecule has 1 saturated carbocycles. The Kier molecular flexibility index (Phi) is 4.47. The second-order valence-corrected chi connectivity index (χ2v) is 6.68. The second-order valence-electron chi connectivity index (χ2n) is 6.35. The summed E-state index contributed by atoms with van der Waals surface area (Å²) in [7, 11) is 0. The van der Waals surface area contributed by atoms with Gasteiger partial charge < -0.3 is 4.57 Å². The van der Waals surface area contributed by atoms with Crippen LogP contribution < -0.4 is 5.12 Å². The van der Waals surface area contributed by atoms with E-state index in [1.54, 1.807) is 6.33 Å². The van der Waals surface area contributed by atoms with E-state index in [2.05, 4.69) is 28.8 Å². The van der Waals surface area contributed by atoms with Crippen molar-refractivity contribution in [2.24, 2.45) is 5.92 Å². The van der Waals surface area contributed by atoms with Crippen molar-refractivity contribution in [1.29, 1.82) is 0 Å². The standard InChI is InChI=1S/C15H21ClFN5/c1-10(2)7-8-22(17)14-12-13(19-15(16)20-14)21(9-18-12)11-5-3-4-6-11/h9-11H,3-8H2,1-2H3. The summed E-state index contributed by atoms with van der Waals surface area (Å²) >= 11 is 6.01. The number of fused-ring (bicyclic) bond motifs is 1. The second kappa shape index (κ2) is 6.36. The fourth-order valence-corrected chi connectivity index (χ4v) is 3.13. The molecule has 1 aliphatic carbocycles. The van der Waals surface area contributed by atoms with Crippen molar-refractivity contribution in [2.75, 3.05) is 11.7 Å². The van der Waals surface area contributed by atoms with Crippen molar-refractivity contribution >= 4 is 28.6 Å². The number of imidazole rings is 1. The fraction of sp³-hybridized carbons (Fsp3) is 0.667. The van der Waals surface area contributed by atoms with E-state index in [1.165, 1.54) is 12.8 Å². The van der Waals surface area contributed by atoms with Gasteiger partial charge in [0.2, 0.25) is 5.28 Å². The van der Waals surface area contributed by atoms with Crippen molar-refractivity contribution in [3.05, 3.63) is 11.6 Å². The van der Waals surface area contributed by atoms with Crippen LogP contribution in [0.3, 0.4) is 0 Å². The Labute approximate surface area is 134 Å². The Balaban J connectivity index is 1.96. The number of hydrogen-bond acceptors (Lipinski definition) is 4. The molecule has 0 bridgehead atoms. The van der Waals surface area contributed by atoms with Gasteiger partial charge in [0.25, 0.3) is 0 Å². The molecule has 2 heterocycles. The largest absolute Gasteiger partial charge is 0.312 e. The van der Waals surface area contributed by atoms with Crippen LogP contribution in [0.25, 0.3) is 11.2 Å². The lowest BCUT2D eigenvalue weighted by atomic mass is 10.1. The molecular formula is C15H21ClFN5. The molecule has 2 aromatic rings. The predicted molar refractivity (Wildman–Crippen MR) is 85.7 cm³/mol. The molecule has 0 radical (unpaired) electrons. The van der Waals surface area contributed by atoms with Crippen LogP contribution in [-0.4, -0.2) is 26.1 Å². The Morgan fingerprint density at radius 3 is 2.77 bits per heavy atom. The van der Waals surface area contributed by atoms with Crippen molar-refractivity contribution in [1.82, 2.24) is 19.5 Å². The fourth-order valence-electron chi connectivity index (χ4n) is 2.97. The molecule has 0 aliphatic heterocycles. The number of anilines is 1. The third kappa shape index (κ3) is 3.02. The van der Waals surface area contributed by atoms with E-state index in [4.69, 9.17) is 11.6 Å². The topological polar surface area (TPSA) is 46.8 Å². The van der Waals surface area contributed by atoms with E-state index >= 15 is 0 Å². The highest BCUT2D eigenvalue weighted by molar-refractivity contribution is 6.28. The zero-order valence-electron chi connectivity index (χ0n) is 13.0. The van der Waals surface area contributed by atoms with E-state index in [0.29, 0.717) is 28.2 Å². The normalized spacial score (nSPS) is 16.0. The van der Waals surface area contributed by atoms with E-state index in [-0.39, 0.29) is 17.6 Å². The average molecular weight is 326 g/mol. The molecule has 1 aliphatic rings. The van der Waals surface area contributed by atoms with Gasteiger partial charge in [-0.3, -0.25) is 0 Å². The lowest BCUT2D eigenvalue weighted by molar-refractivity contribution is 0.403. The van der Waals surface area contributed by atoms with Gasteiger partial charge in [-0.05, 0) is 36.8 Å². The minimum Gasteiger partial charge on any atom is -0.312 e. The van der Waals surface area contributed by atoms with Gasteiger partial charge in [0.05, 0.1) is 12.9 Å². The number of rotatable bonds is 5. The molecule has 5 nitrogen and oxygen atoms in total. The van der Waals surface area contributed by atoms with Crippen LogP contribution in [0, 0.1) is 5.92 Å². The number of aromatic nitrogens is 4. The van der Waals surface area contributed by atoms with Crippen molar-refractivity contribution in [3.63, 3.8) is 0 Å². The zero-order chi connectivity index (χ0) is 15.7.